The van der Waals surface area contributed by atoms with Crippen LogP contribution in [0.5, 0.6) is 5.75 Å². The highest BCUT2D eigenvalue weighted by Crippen LogP contribution is 2.38. The molecule has 7 nitrogen and oxygen atoms in total. The zero-order valence-electron chi connectivity index (χ0n) is 9.09. The first kappa shape index (κ1) is 13.7. The van der Waals surface area contributed by atoms with Gasteiger partial charge in [-0.1, -0.05) is 0 Å². The minimum Gasteiger partial charge on any atom is -0.489 e. The lowest BCUT2D eigenvalue weighted by atomic mass is 10.1. The summed E-state index contributed by atoms with van der Waals surface area (Å²) < 4.78 is 29.8. The van der Waals surface area contributed by atoms with Crippen LogP contribution in [0.15, 0.2) is 6.20 Å². The number of carboxylic acid groups (broad SMARTS) is 1. The predicted octanol–water partition coefficient (Wildman–Crippen LogP) is 1.56. The van der Waals surface area contributed by atoms with Crippen LogP contribution in [0, 0.1) is 10.1 Å². The maximum atomic E-state index is 12.6. The number of nitro groups is 1. The molecule has 1 N–H and O–H groups in total. The van der Waals surface area contributed by atoms with Crippen LogP contribution in [-0.4, -0.2) is 28.1 Å². The fourth-order valence-corrected chi connectivity index (χ4v) is 1.37. The highest BCUT2D eigenvalue weighted by atomic mass is 19.3. The molecule has 9 heteroatoms. The number of nitrogens with zero attached hydrogens (tertiary/aromatic N) is 2. The third-order valence-electron chi connectivity index (χ3n) is 2.05. The molecule has 98 valence electrons. The summed E-state index contributed by atoms with van der Waals surface area (Å²) in [7, 11) is 1.02. The fourth-order valence-electron chi connectivity index (χ4n) is 1.37. The zero-order valence-corrected chi connectivity index (χ0v) is 9.09. The standard InChI is InChI=1S/C9H8F2N2O5/c1-18-8-5(2-6(14)15)12-3-4(9(10)11)7(8)13(16)17/h3,9H,2H2,1H3,(H,14,15). The lowest BCUT2D eigenvalue weighted by Crippen LogP contribution is -2.09. The van der Waals surface area contributed by atoms with Crippen LogP contribution < -0.4 is 4.74 Å². The average molecular weight is 262 g/mol. The maximum absolute atomic E-state index is 12.6. The number of pyridine rings is 1. The third-order valence-corrected chi connectivity index (χ3v) is 2.05. The lowest BCUT2D eigenvalue weighted by molar-refractivity contribution is -0.387. The number of halogens is 2. The molecule has 0 unspecified atom stereocenters. The van der Waals surface area contributed by atoms with E-state index in [1.54, 1.807) is 0 Å². The van der Waals surface area contributed by atoms with Crippen molar-refractivity contribution in [3.8, 4) is 5.75 Å². The fraction of sp³-hybridized carbons (Fsp3) is 0.333. The van der Waals surface area contributed by atoms with E-state index in [-0.39, 0.29) is 5.69 Å². The van der Waals surface area contributed by atoms with Crippen molar-refractivity contribution in [1.82, 2.24) is 4.98 Å². The molecule has 0 bridgehead atoms. The van der Waals surface area contributed by atoms with Gasteiger partial charge < -0.3 is 9.84 Å². The molecule has 1 aromatic heterocycles. The largest absolute Gasteiger partial charge is 0.489 e. The van der Waals surface area contributed by atoms with Crippen LogP contribution in [0.1, 0.15) is 17.7 Å². The van der Waals surface area contributed by atoms with E-state index in [1.807, 2.05) is 0 Å². The number of hydrogen-bond acceptors (Lipinski definition) is 5. The van der Waals surface area contributed by atoms with Gasteiger partial charge >= 0.3 is 11.7 Å². The molecule has 0 aliphatic rings. The monoisotopic (exact) mass is 262 g/mol. The molecule has 0 fully saturated rings. The number of carboxylic acids is 1. The maximum Gasteiger partial charge on any atom is 0.323 e. The number of alkyl halides is 2. The molecule has 0 amide bonds. The average Bonchev–Trinajstić information content (AvgIpc) is 2.26. The minimum absolute atomic E-state index is 0.277. The summed E-state index contributed by atoms with van der Waals surface area (Å²) in [5.41, 5.74) is -2.15. The van der Waals surface area contributed by atoms with Crippen molar-refractivity contribution in [3.63, 3.8) is 0 Å². The first-order chi connectivity index (χ1) is 8.38. The molecule has 0 aliphatic heterocycles. The van der Waals surface area contributed by atoms with Gasteiger partial charge in [0, 0.05) is 6.20 Å². The van der Waals surface area contributed by atoms with Crippen molar-refractivity contribution in [3.05, 3.63) is 27.6 Å². The molecule has 1 heterocycles. The van der Waals surface area contributed by atoms with E-state index < -0.39 is 40.7 Å². The quantitative estimate of drug-likeness (QED) is 0.638. The highest BCUT2D eigenvalue weighted by molar-refractivity contribution is 5.72. The van der Waals surface area contributed by atoms with Gasteiger partial charge in [0.25, 0.3) is 6.43 Å². The van der Waals surface area contributed by atoms with Gasteiger partial charge in [-0.15, -0.1) is 0 Å². The Morgan fingerprint density at radius 2 is 2.28 bits per heavy atom. The van der Waals surface area contributed by atoms with E-state index in [0.29, 0.717) is 6.20 Å². The topological polar surface area (TPSA) is 103 Å². The summed E-state index contributed by atoms with van der Waals surface area (Å²) in [6.45, 7) is 0. The van der Waals surface area contributed by atoms with Crippen molar-refractivity contribution < 1.29 is 28.3 Å². The van der Waals surface area contributed by atoms with E-state index in [4.69, 9.17) is 5.11 Å². The van der Waals surface area contributed by atoms with E-state index >= 15 is 0 Å². The summed E-state index contributed by atoms with van der Waals surface area (Å²) >= 11 is 0. The van der Waals surface area contributed by atoms with E-state index in [1.165, 1.54) is 0 Å². The van der Waals surface area contributed by atoms with Gasteiger partial charge in [-0.2, -0.15) is 0 Å². The Bertz CT molecular complexity index is 492. The first-order valence-corrected chi connectivity index (χ1v) is 4.58. The number of methoxy groups -OCH3 is 1. The molecule has 0 saturated heterocycles. The number of hydrogen-bond donors (Lipinski definition) is 1. The summed E-state index contributed by atoms with van der Waals surface area (Å²) in [6, 6.07) is 0. The summed E-state index contributed by atoms with van der Waals surface area (Å²) in [5.74, 6) is -1.86. The van der Waals surface area contributed by atoms with Gasteiger partial charge in [-0.05, 0) is 0 Å². The van der Waals surface area contributed by atoms with Gasteiger partial charge in [0.15, 0.2) is 0 Å². The second kappa shape index (κ2) is 5.34. The van der Waals surface area contributed by atoms with Crippen molar-refractivity contribution in [2.24, 2.45) is 0 Å². The van der Waals surface area contributed by atoms with Crippen LogP contribution in [0.4, 0.5) is 14.5 Å². The molecular weight excluding hydrogens is 254 g/mol. The number of aromatic nitrogens is 1. The molecule has 0 radical (unpaired) electrons. The van der Waals surface area contributed by atoms with Crippen molar-refractivity contribution in [1.29, 1.82) is 0 Å². The number of ether oxygens (including phenoxy) is 1. The number of rotatable bonds is 5. The van der Waals surface area contributed by atoms with E-state index in [0.717, 1.165) is 7.11 Å². The molecule has 18 heavy (non-hydrogen) atoms. The van der Waals surface area contributed by atoms with E-state index in [9.17, 15) is 23.7 Å². The van der Waals surface area contributed by atoms with Gasteiger partial charge in [0.2, 0.25) is 5.75 Å². The smallest absolute Gasteiger partial charge is 0.323 e. The molecular formula is C9H8F2N2O5. The van der Waals surface area contributed by atoms with Gasteiger partial charge in [0.1, 0.15) is 11.3 Å². The Hall–Kier alpha value is -2.32. The number of aliphatic carboxylic acids is 1. The molecule has 1 rings (SSSR count). The van der Waals surface area contributed by atoms with Crippen LogP contribution in [0.2, 0.25) is 0 Å². The SMILES string of the molecule is COc1c(CC(=O)O)ncc(C(F)F)c1[N+](=O)[O-]. The second-order valence-electron chi connectivity index (χ2n) is 3.17. The Morgan fingerprint density at radius 3 is 2.67 bits per heavy atom. The normalized spacial score (nSPS) is 10.4. The van der Waals surface area contributed by atoms with Crippen LogP contribution in [0.3, 0.4) is 0 Å². The first-order valence-electron chi connectivity index (χ1n) is 4.58. The van der Waals surface area contributed by atoms with Gasteiger partial charge in [-0.3, -0.25) is 19.9 Å². The molecule has 0 spiro atoms. The van der Waals surface area contributed by atoms with Crippen LogP contribution in [-0.2, 0) is 11.2 Å². The molecule has 0 saturated carbocycles. The predicted molar refractivity (Wildman–Crippen MR) is 53.7 cm³/mol. The lowest BCUT2D eigenvalue weighted by Gasteiger charge is -2.09. The van der Waals surface area contributed by atoms with Gasteiger partial charge in [-0.25, -0.2) is 8.78 Å². The van der Waals surface area contributed by atoms with Crippen LogP contribution in [0.25, 0.3) is 0 Å². The minimum atomic E-state index is -3.11. The van der Waals surface area contributed by atoms with Crippen LogP contribution >= 0.6 is 0 Å². The molecule has 1 aromatic rings. The van der Waals surface area contributed by atoms with E-state index in [2.05, 4.69) is 9.72 Å². The molecule has 0 aliphatic carbocycles. The molecule has 0 aromatic carbocycles. The third kappa shape index (κ3) is 2.67. The number of carbonyl (C=O) groups is 1. The van der Waals surface area contributed by atoms with Crippen molar-refractivity contribution in [2.75, 3.05) is 7.11 Å². The van der Waals surface area contributed by atoms with Crippen molar-refractivity contribution in [2.45, 2.75) is 12.8 Å². The summed E-state index contributed by atoms with van der Waals surface area (Å²) in [4.78, 5) is 23.7. The Balaban J connectivity index is 3.47. The second-order valence-corrected chi connectivity index (χ2v) is 3.17. The van der Waals surface area contributed by atoms with Gasteiger partial charge in [0.05, 0.1) is 18.5 Å². The highest BCUT2D eigenvalue weighted by Gasteiger charge is 2.30. The Kier molecular flexibility index (Phi) is 4.08. The Morgan fingerprint density at radius 1 is 1.67 bits per heavy atom. The zero-order chi connectivity index (χ0) is 13.9. The summed E-state index contributed by atoms with van der Waals surface area (Å²) in [5, 5.41) is 19.3. The molecule has 0 atom stereocenters. The van der Waals surface area contributed by atoms with Crippen molar-refractivity contribution >= 4 is 11.7 Å². The summed E-state index contributed by atoms with van der Waals surface area (Å²) in [6.07, 6.45) is -3.18. The Labute approximate surface area is 99.2 Å².